The quantitative estimate of drug-likeness (QED) is 0.223. The van der Waals surface area contributed by atoms with Crippen LogP contribution in [0.5, 0.6) is 5.75 Å². The van der Waals surface area contributed by atoms with E-state index in [1.165, 1.54) is 119 Å². The lowest BCUT2D eigenvalue weighted by Gasteiger charge is -2.38. The Balaban J connectivity index is 1.57. The number of ether oxygens (including phenoxy) is 1. The molecule has 1 unspecified atom stereocenters. The van der Waals surface area contributed by atoms with Gasteiger partial charge in [0, 0.05) is 5.69 Å². The highest BCUT2D eigenvalue weighted by atomic mass is 16.5. The minimum atomic E-state index is -0.0100. The number of nitrogens with two attached hydrogens (primary N) is 1. The van der Waals surface area contributed by atoms with Crippen molar-refractivity contribution in [2.75, 3.05) is 5.73 Å². The first kappa shape index (κ1) is 26.1. The molecule has 1 aliphatic heterocycles. The summed E-state index contributed by atoms with van der Waals surface area (Å²) < 4.78 is 6.62. The predicted molar refractivity (Wildman–Crippen MR) is 137 cm³/mol. The summed E-state index contributed by atoms with van der Waals surface area (Å²) in [4.78, 5) is 0. The fourth-order valence-corrected chi connectivity index (χ4v) is 5.21. The van der Waals surface area contributed by atoms with E-state index >= 15 is 0 Å². The molecule has 0 fully saturated rings. The number of anilines is 1. The molecule has 0 saturated heterocycles. The average molecular weight is 430 g/mol. The zero-order valence-corrected chi connectivity index (χ0v) is 21.5. The van der Waals surface area contributed by atoms with Crippen molar-refractivity contribution < 1.29 is 4.74 Å². The van der Waals surface area contributed by atoms with Crippen LogP contribution in [0, 0.1) is 20.8 Å². The topological polar surface area (TPSA) is 35.2 Å². The van der Waals surface area contributed by atoms with Crippen molar-refractivity contribution in [2.45, 2.75) is 149 Å². The van der Waals surface area contributed by atoms with E-state index in [0.717, 1.165) is 24.3 Å². The Morgan fingerprint density at radius 1 is 0.710 bits per heavy atom. The van der Waals surface area contributed by atoms with E-state index in [0.29, 0.717) is 0 Å². The lowest BCUT2D eigenvalue weighted by Crippen LogP contribution is -2.37. The molecule has 1 aromatic carbocycles. The molecule has 2 heteroatoms. The van der Waals surface area contributed by atoms with Gasteiger partial charge in [0.05, 0.1) is 0 Å². The van der Waals surface area contributed by atoms with Gasteiger partial charge in [-0.1, -0.05) is 90.4 Å². The van der Waals surface area contributed by atoms with Crippen LogP contribution in [0.15, 0.2) is 0 Å². The van der Waals surface area contributed by atoms with Crippen molar-refractivity contribution in [1.29, 1.82) is 0 Å². The molecule has 1 heterocycles. The van der Waals surface area contributed by atoms with E-state index in [4.69, 9.17) is 10.5 Å². The molecule has 0 radical (unpaired) electrons. The molecule has 0 amide bonds. The third-order valence-corrected chi connectivity index (χ3v) is 7.75. The molecule has 0 bridgehead atoms. The Morgan fingerprint density at radius 3 is 1.71 bits per heavy atom. The van der Waals surface area contributed by atoms with Crippen LogP contribution in [0.2, 0.25) is 0 Å². The molecule has 0 aliphatic carbocycles. The number of benzene rings is 1. The van der Waals surface area contributed by atoms with Crippen molar-refractivity contribution in [3.05, 3.63) is 22.3 Å². The molecule has 2 rings (SSSR count). The van der Waals surface area contributed by atoms with Gasteiger partial charge in [0.1, 0.15) is 11.4 Å². The van der Waals surface area contributed by atoms with Gasteiger partial charge in [0.2, 0.25) is 0 Å². The second-order valence-electron chi connectivity index (χ2n) is 10.5. The highest BCUT2D eigenvalue weighted by Gasteiger charge is 2.33. The van der Waals surface area contributed by atoms with E-state index in [2.05, 4.69) is 34.6 Å². The molecule has 0 aromatic heterocycles. The fourth-order valence-electron chi connectivity index (χ4n) is 5.21. The molecule has 2 N–H and O–H groups in total. The van der Waals surface area contributed by atoms with E-state index in [1.54, 1.807) is 0 Å². The van der Waals surface area contributed by atoms with Crippen LogP contribution in [0.4, 0.5) is 5.69 Å². The Labute approximate surface area is 193 Å². The Morgan fingerprint density at radius 2 is 1.19 bits per heavy atom. The number of fused-ring (bicyclic) bond motifs is 1. The molecule has 31 heavy (non-hydrogen) atoms. The zero-order chi connectivity index (χ0) is 22.7. The number of hydrogen-bond donors (Lipinski definition) is 1. The monoisotopic (exact) mass is 429 g/mol. The largest absolute Gasteiger partial charge is 0.487 e. The number of hydrogen-bond acceptors (Lipinski definition) is 2. The Kier molecular flexibility index (Phi) is 11.3. The van der Waals surface area contributed by atoms with Gasteiger partial charge in [-0.15, -0.1) is 0 Å². The van der Waals surface area contributed by atoms with Gasteiger partial charge in [0.25, 0.3) is 0 Å². The van der Waals surface area contributed by atoms with Crippen LogP contribution in [0.1, 0.15) is 139 Å². The third-order valence-electron chi connectivity index (χ3n) is 7.75. The minimum absolute atomic E-state index is 0.0100. The van der Waals surface area contributed by atoms with Crippen molar-refractivity contribution in [2.24, 2.45) is 0 Å². The van der Waals surface area contributed by atoms with E-state index in [-0.39, 0.29) is 5.60 Å². The summed E-state index contributed by atoms with van der Waals surface area (Å²) >= 11 is 0. The maximum absolute atomic E-state index is 6.62. The summed E-state index contributed by atoms with van der Waals surface area (Å²) in [5.41, 5.74) is 12.3. The Bertz CT molecular complexity index is 665. The molecule has 1 atom stereocenters. The van der Waals surface area contributed by atoms with Gasteiger partial charge in [0.15, 0.2) is 0 Å². The molecule has 0 spiro atoms. The van der Waals surface area contributed by atoms with Gasteiger partial charge >= 0.3 is 0 Å². The first-order chi connectivity index (χ1) is 14.9. The number of unbranched alkanes of at least 4 members (excludes halogenated alkanes) is 13. The molecule has 1 aromatic rings. The standard InChI is InChI=1S/C29H51NO/c1-6-7-8-9-10-11-12-13-14-15-16-17-18-19-21-29(5)22-20-26-25(4)27(30)23(2)24(3)28(26)31-29/h6-22,30H2,1-5H3. The van der Waals surface area contributed by atoms with E-state index < -0.39 is 0 Å². The first-order valence-corrected chi connectivity index (χ1v) is 13.5. The summed E-state index contributed by atoms with van der Waals surface area (Å²) in [5.74, 6) is 1.13. The number of nitrogen functional groups attached to an aromatic ring is 1. The normalized spacial score (nSPS) is 18.1. The lowest BCUT2D eigenvalue weighted by atomic mass is 9.84. The van der Waals surface area contributed by atoms with Crippen molar-refractivity contribution in [3.8, 4) is 5.75 Å². The predicted octanol–water partition coefficient (Wildman–Crippen LogP) is 9.15. The van der Waals surface area contributed by atoms with Crippen LogP contribution in [-0.4, -0.2) is 5.60 Å². The summed E-state index contributed by atoms with van der Waals surface area (Å²) in [6.45, 7) is 11.1. The average Bonchev–Trinajstić information content (AvgIpc) is 2.76. The van der Waals surface area contributed by atoms with Gasteiger partial charge in [-0.05, 0) is 75.6 Å². The summed E-state index contributed by atoms with van der Waals surface area (Å²) in [6, 6.07) is 0. The van der Waals surface area contributed by atoms with Crippen LogP contribution >= 0.6 is 0 Å². The van der Waals surface area contributed by atoms with Crippen LogP contribution in [0.3, 0.4) is 0 Å². The van der Waals surface area contributed by atoms with Crippen molar-refractivity contribution >= 4 is 5.69 Å². The smallest absolute Gasteiger partial charge is 0.126 e. The van der Waals surface area contributed by atoms with Crippen LogP contribution in [0.25, 0.3) is 0 Å². The zero-order valence-electron chi connectivity index (χ0n) is 21.5. The van der Waals surface area contributed by atoms with Crippen LogP contribution in [-0.2, 0) is 6.42 Å². The van der Waals surface area contributed by atoms with Gasteiger partial charge in [-0.3, -0.25) is 0 Å². The maximum atomic E-state index is 6.62. The molecular weight excluding hydrogens is 378 g/mol. The lowest BCUT2D eigenvalue weighted by molar-refractivity contribution is 0.0524. The van der Waals surface area contributed by atoms with Crippen LogP contribution < -0.4 is 10.5 Å². The van der Waals surface area contributed by atoms with Gasteiger partial charge in [-0.2, -0.15) is 0 Å². The van der Waals surface area contributed by atoms with Gasteiger partial charge < -0.3 is 10.5 Å². The highest BCUT2D eigenvalue weighted by Crippen LogP contribution is 2.43. The maximum Gasteiger partial charge on any atom is 0.126 e. The van der Waals surface area contributed by atoms with E-state index in [1.807, 2.05) is 0 Å². The minimum Gasteiger partial charge on any atom is -0.487 e. The van der Waals surface area contributed by atoms with Crippen molar-refractivity contribution in [1.82, 2.24) is 0 Å². The summed E-state index contributed by atoms with van der Waals surface area (Å²) in [6.07, 6.45) is 23.2. The molecule has 2 nitrogen and oxygen atoms in total. The SMILES string of the molecule is CCCCCCCCCCCCCCCCC1(C)CCc2c(C)c(N)c(C)c(C)c2O1. The van der Waals surface area contributed by atoms with E-state index in [9.17, 15) is 0 Å². The molecule has 0 saturated carbocycles. The first-order valence-electron chi connectivity index (χ1n) is 13.5. The summed E-state index contributed by atoms with van der Waals surface area (Å²) in [7, 11) is 0. The third kappa shape index (κ3) is 8.03. The summed E-state index contributed by atoms with van der Waals surface area (Å²) in [5, 5.41) is 0. The van der Waals surface area contributed by atoms with Gasteiger partial charge in [-0.25, -0.2) is 0 Å². The second-order valence-corrected chi connectivity index (χ2v) is 10.5. The second kappa shape index (κ2) is 13.4. The van der Waals surface area contributed by atoms with Crippen molar-refractivity contribution in [3.63, 3.8) is 0 Å². The highest BCUT2D eigenvalue weighted by molar-refractivity contribution is 5.65. The number of rotatable bonds is 15. The molecule has 178 valence electrons. The Hall–Kier alpha value is -1.18. The molecule has 1 aliphatic rings. The fraction of sp³-hybridized carbons (Fsp3) is 0.793. The molecular formula is C29H51NO.